The Balaban J connectivity index is 1.70. The summed E-state index contributed by atoms with van der Waals surface area (Å²) < 4.78 is 2.03. The number of nitrogens with zero attached hydrogens (tertiary/aromatic N) is 2. The number of carbonyl (C=O) groups is 1. The highest BCUT2D eigenvalue weighted by atomic mass is 16.4. The third-order valence-electron chi connectivity index (χ3n) is 4.19. The van der Waals surface area contributed by atoms with Gasteiger partial charge in [0.05, 0.1) is 6.20 Å². The second kappa shape index (κ2) is 6.12. The van der Waals surface area contributed by atoms with E-state index in [9.17, 15) is 4.79 Å². The first kappa shape index (κ1) is 13.9. The molecule has 1 aromatic heterocycles. The van der Waals surface area contributed by atoms with E-state index >= 15 is 0 Å². The van der Waals surface area contributed by atoms with Gasteiger partial charge in [-0.05, 0) is 36.3 Å². The second-order valence-electron chi connectivity index (χ2n) is 5.84. The van der Waals surface area contributed by atoms with Crippen LogP contribution in [0.5, 0.6) is 0 Å². The lowest BCUT2D eigenvalue weighted by atomic mass is 9.85. The maximum Gasteiger partial charge on any atom is 0.303 e. The third-order valence-corrected chi connectivity index (χ3v) is 4.19. The summed E-state index contributed by atoms with van der Waals surface area (Å²) in [4.78, 5) is 10.7. The van der Waals surface area contributed by atoms with E-state index in [1.165, 1.54) is 19.3 Å². The van der Waals surface area contributed by atoms with Crippen LogP contribution in [0.3, 0.4) is 0 Å². The fourth-order valence-electron chi connectivity index (χ4n) is 2.71. The van der Waals surface area contributed by atoms with E-state index in [0.29, 0.717) is 6.42 Å². The standard InChI is InChI=1S/C17H20N2O2/c20-17(21)8-7-13-3-2-6-15(9-13)16-10-18-19(12-16)11-14-4-1-5-14/h2-3,6,9-10,12,14H,1,4-5,7-8,11H2,(H,20,21). The maximum absolute atomic E-state index is 10.7. The van der Waals surface area contributed by atoms with Crippen molar-refractivity contribution < 1.29 is 9.90 Å². The Bertz CT molecular complexity index is 629. The van der Waals surface area contributed by atoms with Gasteiger partial charge >= 0.3 is 5.97 Å². The number of aryl methyl sites for hydroxylation is 1. The van der Waals surface area contributed by atoms with Gasteiger partial charge in [-0.2, -0.15) is 5.10 Å². The minimum absolute atomic E-state index is 0.171. The zero-order valence-electron chi connectivity index (χ0n) is 12.0. The minimum atomic E-state index is -0.756. The van der Waals surface area contributed by atoms with E-state index in [-0.39, 0.29) is 6.42 Å². The highest BCUT2D eigenvalue weighted by molar-refractivity contribution is 5.67. The second-order valence-corrected chi connectivity index (χ2v) is 5.84. The monoisotopic (exact) mass is 284 g/mol. The van der Waals surface area contributed by atoms with E-state index in [0.717, 1.165) is 29.2 Å². The molecule has 0 unspecified atom stereocenters. The van der Waals surface area contributed by atoms with Crippen molar-refractivity contribution in [3.8, 4) is 11.1 Å². The first-order chi connectivity index (χ1) is 10.2. The van der Waals surface area contributed by atoms with E-state index < -0.39 is 5.97 Å². The summed E-state index contributed by atoms with van der Waals surface area (Å²) in [7, 11) is 0. The molecule has 1 fully saturated rings. The van der Waals surface area contributed by atoms with Crippen LogP contribution in [0.4, 0.5) is 0 Å². The van der Waals surface area contributed by atoms with Crippen LogP contribution in [0.15, 0.2) is 36.7 Å². The molecule has 1 heterocycles. The van der Waals surface area contributed by atoms with Crippen LogP contribution < -0.4 is 0 Å². The van der Waals surface area contributed by atoms with Crippen LogP contribution in [-0.4, -0.2) is 20.9 Å². The molecule has 1 N–H and O–H groups in total. The number of rotatable bonds is 6. The van der Waals surface area contributed by atoms with Crippen LogP contribution in [0.1, 0.15) is 31.2 Å². The Morgan fingerprint density at radius 2 is 2.19 bits per heavy atom. The summed E-state index contributed by atoms with van der Waals surface area (Å²) in [6, 6.07) is 8.07. The molecule has 0 atom stereocenters. The van der Waals surface area contributed by atoms with Crippen molar-refractivity contribution in [2.24, 2.45) is 5.92 Å². The van der Waals surface area contributed by atoms with Gasteiger partial charge in [0, 0.05) is 24.7 Å². The molecule has 0 bridgehead atoms. The first-order valence-electron chi connectivity index (χ1n) is 7.54. The molecule has 4 heteroatoms. The van der Waals surface area contributed by atoms with E-state index in [2.05, 4.69) is 23.4 Å². The van der Waals surface area contributed by atoms with Crippen LogP contribution in [0.25, 0.3) is 11.1 Å². The number of aliphatic carboxylic acids is 1. The Hall–Kier alpha value is -2.10. The van der Waals surface area contributed by atoms with Gasteiger partial charge in [-0.25, -0.2) is 0 Å². The lowest BCUT2D eigenvalue weighted by molar-refractivity contribution is -0.136. The average Bonchev–Trinajstić information content (AvgIpc) is 2.90. The normalized spacial score (nSPS) is 14.9. The average molecular weight is 284 g/mol. The van der Waals surface area contributed by atoms with Crippen LogP contribution >= 0.6 is 0 Å². The molecule has 4 nitrogen and oxygen atoms in total. The van der Waals surface area contributed by atoms with E-state index in [1.807, 2.05) is 23.0 Å². The fraction of sp³-hybridized carbons (Fsp3) is 0.412. The summed E-state index contributed by atoms with van der Waals surface area (Å²) in [6.45, 7) is 1.01. The van der Waals surface area contributed by atoms with E-state index in [1.54, 1.807) is 0 Å². The number of aromatic nitrogens is 2. The Morgan fingerprint density at radius 3 is 2.90 bits per heavy atom. The molecule has 3 rings (SSSR count). The zero-order valence-corrected chi connectivity index (χ0v) is 12.0. The quantitative estimate of drug-likeness (QED) is 0.884. The van der Waals surface area contributed by atoms with Gasteiger partial charge in [-0.15, -0.1) is 0 Å². The summed E-state index contributed by atoms with van der Waals surface area (Å²) in [6.07, 6.45) is 8.72. The molecular formula is C17H20N2O2. The Labute approximate surface area is 124 Å². The Morgan fingerprint density at radius 1 is 1.33 bits per heavy atom. The summed E-state index contributed by atoms with van der Waals surface area (Å²) in [5.74, 6) is 0.0355. The number of benzene rings is 1. The van der Waals surface area contributed by atoms with Crippen molar-refractivity contribution in [1.82, 2.24) is 9.78 Å². The van der Waals surface area contributed by atoms with Gasteiger partial charge in [-0.1, -0.05) is 30.7 Å². The molecule has 1 aliphatic carbocycles. The molecule has 0 amide bonds. The molecule has 1 aromatic carbocycles. The van der Waals surface area contributed by atoms with Gasteiger partial charge in [-0.3, -0.25) is 9.48 Å². The van der Waals surface area contributed by atoms with Gasteiger partial charge in [0.25, 0.3) is 0 Å². The molecule has 110 valence electrons. The molecular weight excluding hydrogens is 264 g/mol. The molecule has 1 saturated carbocycles. The van der Waals surface area contributed by atoms with Crippen molar-refractivity contribution in [3.63, 3.8) is 0 Å². The predicted molar refractivity (Wildman–Crippen MR) is 81.0 cm³/mol. The van der Waals surface area contributed by atoms with Gasteiger partial charge in [0.1, 0.15) is 0 Å². The predicted octanol–water partition coefficient (Wildman–Crippen LogP) is 3.37. The summed E-state index contributed by atoms with van der Waals surface area (Å²) >= 11 is 0. The SMILES string of the molecule is O=C(O)CCc1cccc(-c2cnn(CC3CCC3)c2)c1. The minimum Gasteiger partial charge on any atom is -0.481 e. The fourth-order valence-corrected chi connectivity index (χ4v) is 2.71. The van der Waals surface area contributed by atoms with Crippen molar-refractivity contribution in [1.29, 1.82) is 0 Å². The van der Waals surface area contributed by atoms with Gasteiger partial charge in [0.2, 0.25) is 0 Å². The highest BCUT2D eigenvalue weighted by Crippen LogP contribution is 2.28. The zero-order chi connectivity index (χ0) is 14.7. The molecule has 0 spiro atoms. The lowest BCUT2D eigenvalue weighted by Crippen LogP contribution is -2.18. The number of carboxylic acids is 1. The number of hydrogen-bond acceptors (Lipinski definition) is 2. The largest absolute Gasteiger partial charge is 0.481 e. The highest BCUT2D eigenvalue weighted by Gasteiger charge is 2.18. The molecule has 21 heavy (non-hydrogen) atoms. The van der Waals surface area contributed by atoms with Crippen LogP contribution in [-0.2, 0) is 17.8 Å². The Kier molecular flexibility index (Phi) is 4.04. The first-order valence-corrected chi connectivity index (χ1v) is 7.54. The van der Waals surface area contributed by atoms with Crippen molar-refractivity contribution in [2.75, 3.05) is 0 Å². The third kappa shape index (κ3) is 3.51. The maximum atomic E-state index is 10.7. The smallest absolute Gasteiger partial charge is 0.303 e. The van der Waals surface area contributed by atoms with Crippen LogP contribution in [0, 0.1) is 5.92 Å². The van der Waals surface area contributed by atoms with Gasteiger partial charge < -0.3 is 5.11 Å². The van der Waals surface area contributed by atoms with Gasteiger partial charge in [0.15, 0.2) is 0 Å². The summed E-state index contributed by atoms with van der Waals surface area (Å²) in [5, 5.41) is 13.2. The molecule has 0 radical (unpaired) electrons. The van der Waals surface area contributed by atoms with Crippen molar-refractivity contribution in [2.45, 2.75) is 38.6 Å². The topological polar surface area (TPSA) is 55.1 Å². The molecule has 0 saturated heterocycles. The van der Waals surface area contributed by atoms with Crippen LogP contribution in [0.2, 0.25) is 0 Å². The van der Waals surface area contributed by atoms with Crippen molar-refractivity contribution in [3.05, 3.63) is 42.2 Å². The summed E-state index contributed by atoms with van der Waals surface area (Å²) in [5.41, 5.74) is 3.27. The lowest BCUT2D eigenvalue weighted by Gasteiger charge is -2.24. The number of carboxylic acid groups (broad SMARTS) is 1. The van der Waals surface area contributed by atoms with Crippen molar-refractivity contribution >= 4 is 5.97 Å². The number of hydrogen-bond donors (Lipinski definition) is 1. The molecule has 1 aliphatic rings. The molecule has 2 aromatic rings. The molecule has 0 aliphatic heterocycles. The van der Waals surface area contributed by atoms with E-state index in [4.69, 9.17) is 5.11 Å².